The highest BCUT2D eigenvalue weighted by atomic mass is 32.2. The minimum Gasteiger partial charge on any atom is -0.361 e. The molecule has 0 spiro atoms. The number of hydrogen-bond acceptors (Lipinski definition) is 4. The van der Waals surface area contributed by atoms with Crippen LogP contribution in [0, 0.1) is 0 Å². The normalized spacial score (nSPS) is 12.1. The van der Waals surface area contributed by atoms with Crippen molar-refractivity contribution in [2.75, 3.05) is 7.11 Å². The van der Waals surface area contributed by atoms with E-state index < -0.39 is 15.1 Å². The van der Waals surface area contributed by atoms with Crippen LogP contribution in [0.4, 0.5) is 0 Å². The standard InChI is InChI=1S/C56H50N4OS/c1-54(2,62-55(45-35-21-10-22-36-45,46-37-23-11-24-38-46)47-39-25-12-26-40-47)56(61-5,52-57-48(41-27-13-6-14-28-41)50(59(52)3)43-31-17-8-18-32-43)53-58-49(42-29-15-7-16-30-42)51(60(53)4)44-33-19-9-20-34-44/h6-40H,1-5H3. The molecule has 306 valence electrons. The van der Waals surface area contributed by atoms with Gasteiger partial charge in [-0.2, -0.15) is 0 Å². The molecule has 0 amide bonds. The Morgan fingerprint density at radius 3 is 0.968 bits per heavy atom. The topological polar surface area (TPSA) is 44.9 Å². The first-order valence-electron chi connectivity index (χ1n) is 21.1. The lowest BCUT2D eigenvalue weighted by Crippen LogP contribution is -2.53. The van der Waals surface area contributed by atoms with Gasteiger partial charge in [0.2, 0.25) is 0 Å². The molecule has 0 unspecified atom stereocenters. The van der Waals surface area contributed by atoms with E-state index in [1.54, 1.807) is 0 Å². The summed E-state index contributed by atoms with van der Waals surface area (Å²) in [6.45, 7) is 4.62. The molecular weight excluding hydrogens is 777 g/mol. The molecule has 2 heterocycles. The molecule has 9 aromatic rings. The second-order valence-corrected chi connectivity index (χ2v) is 18.0. The number of methoxy groups -OCH3 is 1. The highest BCUT2D eigenvalue weighted by Gasteiger charge is 2.59. The van der Waals surface area contributed by atoms with Gasteiger partial charge in [-0.3, -0.25) is 0 Å². The molecule has 0 aliphatic carbocycles. The predicted molar refractivity (Wildman–Crippen MR) is 257 cm³/mol. The van der Waals surface area contributed by atoms with Crippen molar-refractivity contribution in [1.82, 2.24) is 19.1 Å². The molecule has 9 rings (SSSR count). The second-order valence-electron chi connectivity index (χ2n) is 16.1. The summed E-state index contributed by atoms with van der Waals surface area (Å²) in [4.78, 5) is 11.6. The SMILES string of the molecule is COC(c1nc(-c2ccccc2)c(-c2ccccc2)n1C)(c1nc(-c2ccccc2)c(-c2ccccc2)n1C)C(C)(C)SC(c1ccccc1)(c1ccccc1)c1ccccc1. The van der Waals surface area contributed by atoms with Crippen LogP contribution in [0.1, 0.15) is 42.2 Å². The van der Waals surface area contributed by atoms with Gasteiger partial charge in [-0.1, -0.05) is 212 Å². The van der Waals surface area contributed by atoms with Crippen molar-refractivity contribution in [2.45, 2.75) is 28.9 Å². The first-order chi connectivity index (χ1) is 30.3. The zero-order valence-corrected chi connectivity index (χ0v) is 36.6. The molecule has 0 aliphatic heterocycles. The van der Waals surface area contributed by atoms with Crippen molar-refractivity contribution in [3.05, 3.63) is 241 Å². The van der Waals surface area contributed by atoms with Gasteiger partial charge in [0.15, 0.2) is 17.2 Å². The zero-order valence-electron chi connectivity index (χ0n) is 35.8. The number of nitrogens with zero attached hydrogens (tertiary/aromatic N) is 4. The fourth-order valence-electron chi connectivity index (χ4n) is 9.29. The Balaban J connectivity index is 1.41. The molecule has 7 aromatic carbocycles. The summed E-state index contributed by atoms with van der Waals surface area (Å²) >= 11 is 1.87. The number of imidazole rings is 2. The van der Waals surface area contributed by atoms with E-state index in [1.165, 1.54) is 0 Å². The van der Waals surface area contributed by atoms with E-state index in [-0.39, 0.29) is 0 Å². The lowest BCUT2D eigenvalue weighted by atomic mass is 9.83. The average Bonchev–Trinajstić information content (AvgIpc) is 3.87. The Morgan fingerprint density at radius 2 is 0.677 bits per heavy atom. The van der Waals surface area contributed by atoms with Crippen molar-refractivity contribution >= 4 is 11.8 Å². The van der Waals surface area contributed by atoms with Crippen LogP contribution < -0.4 is 0 Å². The van der Waals surface area contributed by atoms with Crippen LogP contribution in [0.2, 0.25) is 0 Å². The molecule has 0 aliphatic rings. The van der Waals surface area contributed by atoms with Crippen molar-refractivity contribution in [1.29, 1.82) is 0 Å². The highest BCUT2D eigenvalue weighted by Crippen LogP contribution is 2.60. The predicted octanol–water partition coefficient (Wildman–Crippen LogP) is 13.2. The summed E-state index contributed by atoms with van der Waals surface area (Å²) in [5.41, 5.74) is 10.1. The van der Waals surface area contributed by atoms with Gasteiger partial charge in [-0.05, 0) is 30.5 Å². The number of thioether (sulfide) groups is 1. The smallest absolute Gasteiger partial charge is 0.197 e. The minimum absolute atomic E-state index is 0.706. The van der Waals surface area contributed by atoms with Crippen molar-refractivity contribution < 1.29 is 4.74 Å². The van der Waals surface area contributed by atoms with Crippen LogP contribution >= 0.6 is 11.8 Å². The molecule has 6 heteroatoms. The van der Waals surface area contributed by atoms with Crippen molar-refractivity contribution in [2.24, 2.45) is 14.1 Å². The summed E-state index contributed by atoms with van der Waals surface area (Å²) in [6.07, 6.45) is 0. The molecule has 0 N–H and O–H groups in total. The van der Waals surface area contributed by atoms with Gasteiger partial charge in [-0.25, -0.2) is 9.97 Å². The fourth-order valence-corrected chi connectivity index (χ4v) is 11.2. The Hall–Kier alpha value is -6.73. The van der Waals surface area contributed by atoms with Crippen LogP contribution in [0.25, 0.3) is 45.0 Å². The molecule has 2 aromatic heterocycles. The molecule has 0 atom stereocenters. The molecule has 0 radical (unpaired) electrons. The number of hydrogen-bond donors (Lipinski definition) is 0. The largest absolute Gasteiger partial charge is 0.361 e. The molecular formula is C56H50N4OS. The number of ether oxygens (including phenoxy) is 1. The summed E-state index contributed by atoms with van der Waals surface area (Å²) in [5, 5.41) is 0. The van der Waals surface area contributed by atoms with Crippen molar-refractivity contribution in [3.8, 4) is 45.0 Å². The first kappa shape index (κ1) is 40.7. The van der Waals surface area contributed by atoms with Crippen LogP contribution in [-0.2, 0) is 29.2 Å². The first-order valence-corrected chi connectivity index (χ1v) is 21.9. The van der Waals surface area contributed by atoms with E-state index in [2.05, 4.69) is 249 Å². The third-order valence-corrected chi connectivity index (χ3v) is 13.9. The Labute approximate surface area is 369 Å². The van der Waals surface area contributed by atoms with Gasteiger partial charge in [-0.15, -0.1) is 11.8 Å². The van der Waals surface area contributed by atoms with Gasteiger partial charge in [0.1, 0.15) is 0 Å². The van der Waals surface area contributed by atoms with Gasteiger partial charge in [0.25, 0.3) is 0 Å². The molecule has 0 saturated carbocycles. The summed E-state index contributed by atoms with van der Waals surface area (Å²) in [7, 11) is 6.09. The number of rotatable bonds is 13. The minimum atomic E-state index is -1.29. The van der Waals surface area contributed by atoms with E-state index in [0.717, 1.165) is 73.4 Å². The van der Waals surface area contributed by atoms with Crippen LogP contribution in [0.5, 0.6) is 0 Å². The maximum absolute atomic E-state index is 7.38. The third kappa shape index (κ3) is 6.90. The average molecular weight is 827 g/mol. The molecule has 0 fully saturated rings. The van der Waals surface area contributed by atoms with E-state index in [9.17, 15) is 0 Å². The van der Waals surface area contributed by atoms with Gasteiger partial charge in [0.05, 0.1) is 32.3 Å². The Kier molecular flexibility index (Phi) is 11.1. The monoisotopic (exact) mass is 826 g/mol. The van der Waals surface area contributed by atoms with Gasteiger partial charge in [0, 0.05) is 43.5 Å². The van der Waals surface area contributed by atoms with E-state index in [4.69, 9.17) is 14.7 Å². The summed E-state index contributed by atoms with van der Waals surface area (Å²) in [5.74, 6) is 1.48. The van der Waals surface area contributed by atoms with Crippen molar-refractivity contribution in [3.63, 3.8) is 0 Å². The third-order valence-electron chi connectivity index (χ3n) is 12.1. The van der Waals surface area contributed by atoms with Gasteiger partial charge >= 0.3 is 0 Å². The molecule has 62 heavy (non-hydrogen) atoms. The van der Waals surface area contributed by atoms with E-state index >= 15 is 0 Å². The lowest BCUT2D eigenvalue weighted by Gasteiger charge is -2.49. The van der Waals surface area contributed by atoms with Crippen LogP contribution in [-0.4, -0.2) is 31.0 Å². The van der Waals surface area contributed by atoms with E-state index in [0.29, 0.717) is 0 Å². The quantitative estimate of drug-likeness (QED) is 0.109. The molecule has 5 nitrogen and oxygen atoms in total. The summed E-state index contributed by atoms with van der Waals surface area (Å²) < 4.78 is 10.3. The number of benzene rings is 7. The molecule has 0 saturated heterocycles. The Morgan fingerprint density at radius 1 is 0.403 bits per heavy atom. The summed E-state index contributed by atoms with van der Waals surface area (Å²) in [6, 6.07) is 74.7. The molecule has 0 bridgehead atoms. The van der Waals surface area contributed by atoms with Gasteiger partial charge < -0.3 is 13.9 Å². The number of aromatic nitrogens is 4. The van der Waals surface area contributed by atoms with E-state index in [1.807, 2.05) is 18.9 Å². The maximum Gasteiger partial charge on any atom is 0.197 e. The fraction of sp³-hybridized carbons (Fsp3) is 0.143. The highest BCUT2D eigenvalue weighted by molar-refractivity contribution is 8.02. The van der Waals surface area contributed by atoms with Crippen LogP contribution in [0.3, 0.4) is 0 Å². The lowest BCUT2D eigenvalue weighted by molar-refractivity contribution is -0.0219. The zero-order chi connectivity index (χ0) is 42.7. The van der Waals surface area contributed by atoms with Crippen LogP contribution in [0.15, 0.2) is 212 Å². The Bertz CT molecular complexity index is 2650. The maximum atomic E-state index is 7.38. The second kappa shape index (κ2) is 17.0.